The van der Waals surface area contributed by atoms with Crippen molar-refractivity contribution >= 4 is 10.0 Å². The smallest absolute Gasteiger partial charge is 0.207 e. The van der Waals surface area contributed by atoms with E-state index in [0.717, 1.165) is 31.2 Å². The third-order valence-electron chi connectivity index (χ3n) is 6.13. The second-order valence-electron chi connectivity index (χ2n) is 8.11. The summed E-state index contributed by atoms with van der Waals surface area (Å²) in [5.74, 6) is 0.529. The minimum atomic E-state index is -3.39. The van der Waals surface area contributed by atoms with E-state index in [-0.39, 0.29) is 0 Å². The van der Waals surface area contributed by atoms with E-state index in [1.165, 1.54) is 16.7 Å². The monoisotopic (exact) mass is 419 g/mol. The minimum absolute atomic E-state index is 0.412. The van der Waals surface area contributed by atoms with Crippen molar-refractivity contribution in [3.05, 3.63) is 90.0 Å². The maximum Gasteiger partial charge on any atom is 0.243 e. The highest BCUT2D eigenvalue weighted by molar-refractivity contribution is 7.89. The fourth-order valence-corrected chi connectivity index (χ4v) is 5.67. The molecule has 3 nitrogen and oxygen atoms in total. The fraction of sp³-hybridized carbons (Fsp3) is 0.308. The van der Waals surface area contributed by atoms with E-state index < -0.39 is 10.0 Å². The molecule has 0 radical (unpaired) electrons. The first-order chi connectivity index (χ1) is 14.6. The standard InChI is InChI=1S/C26H29NO2S/c1-2-21-10-14-26(15-11-21)30(28,29)27-18-16-23(17-19-27)20-22-8-12-25(13-9-22)24-6-4-3-5-7-24/h3-15,23H,2,16-20H2,1H3. The first-order valence-corrected chi connectivity index (χ1v) is 12.2. The average molecular weight is 420 g/mol. The lowest BCUT2D eigenvalue weighted by Gasteiger charge is -2.31. The predicted molar refractivity (Wildman–Crippen MR) is 123 cm³/mol. The highest BCUT2D eigenvalue weighted by atomic mass is 32.2. The van der Waals surface area contributed by atoms with Gasteiger partial charge in [0.2, 0.25) is 10.0 Å². The highest BCUT2D eigenvalue weighted by Gasteiger charge is 2.29. The van der Waals surface area contributed by atoms with Gasteiger partial charge in [0.1, 0.15) is 0 Å². The minimum Gasteiger partial charge on any atom is -0.207 e. The van der Waals surface area contributed by atoms with Crippen molar-refractivity contribution in [2.24, 2.45) is 5.92 Å². The van der Waals surface area contributed by atoms with E-state index in [0.29, 0.717) is 23.9 Å². The molecule has 1 saturated heterocycles. The maximum absolute atomic E-state index is 12.9. The molecule has 30 heavy (non-hydrogen) atoms. The summed E-state index contributed by atoms with van der Waals surface area (Å²) in [6, 6.07) is 26.5. The van der Waals surface area contributed by atoms with Crippen LogP contribution in [0.2, 0.25) is 0 Å². The van der Waals surface area contributed by atoms with Gasteiger partial charge in [-0.15, -0.1) is 0 Å². The number of aryl methyl sites for hydroxylation is 1. The molecule has 0 N–H and O–H groups in total. The van der Waals surface area contributed by atoms with Crippen LogP contribution in [-0.4, -0.2) is 25.8 Å². The third kappa shape index (κ3) is 4.66. The Bertz CT molecular complexity index is 1050. The number of benzene rings is 3. The molecule has 0 unspecified atom stereocenters. The van der Waals surface area contributed by atoms with E-state index in [9.17, 15) is 8.42 Å². The summed E-state index contributed by atoms with van der Waals surface area (Å²) in [6.45, 7) is 3.28. The van der Waals surface area contributed by atoms with E-state index >= 15 is 0 Å². The summed E-state index contributed by atoms with van der Waals surface area (Å²) in [5.41, 5.74) is 4.95. The molecular formula is C26H29NO2S. The quantitative estimate of drug-likeness (QED) is 0.525. The van der Waals surface area contributed by atoms with Crippen molar-refractivity contribution in [1.82, 2.24) is 4.31 Å². The van der Waals surface area contributed by atoms with E-state index in [2.05, 4.69) is 55.5 Å². The summed E-state index contributed by atoms with van der Waals surface area (Å²) >= 11 is 0. The molecule has 0 spiro atoms. The van der Waals surface area contributed by atoms with Crippen LogP contribution in [0.5, 0.6) is 0 Å². The molecule has 1 heterocycles. The van der Waals surface area contributed by atoms with Crippen LogP contribution < -0.4 is 0 Å². The lowest BCUT2D eigenvalue weighted by atomic mass is 9.90. The molecule has 1 aliphatic rings. The number of rotatable bonds is 6. The van der Waals surface area contributed by atoms with Crippen LogP contribution in [0.3, 0.4) is 0 Å². The van der Waals surface area contributed by atoms with Crippen LogP contribution in [-0.2, 0) is 22.9 Å². The van der Waals surface area contributed by atoms with Crippen molar-refractivity contribution in [2.45, 2.75) is 37.5 Å². The second kappa shape index (κ2) is 9.15. The van der Waals surface area contributed by atoms with Gasteiger partial charge in [-0.3, -0.25) is 0 Å². The van der Waals surface area contributed by atoms with Crippen LogP contribution >= 0.6 is 0 Å². The molecule has 0 saturated carbocycles. The van der Waals surface area contributed by atoms with Crippen molar-refractivity contribution in [3.63, 3.8) is 0 Å². The lowest BCUT2D eigenvalue weighted by molar-refractivity contribution is 0.273. The van der Waals surface area contributed by atoms with E-state index in [1.54, 1.807) is 16.4 Å². The topological polar surface area (TPSA) is 37.4 Å². The first-order valence-electron chi connectivity index (χ1n) is 10.8. The summed E-state index contributed by atoms with van der Waals surface area (Å²) in [7, 11) is -3.39. The summed E-state index contributed by atoms with van der Waals surface area (Å²) < 4.78 is 27.6. The van der Waals surface area contributed by atoms with Gasteiger partial charge >= 0.3 is 0 Å². The molecule has 4 heteroatoms. The van der Waals surface area contributed by atoms with Crippen molar-refractivity contribution in [2.75, 3.05) is 13.1 Å². The Hall–Kier alpha value is -2.43. The van der Waals surface area contributed by atoms with Gasteiger partial charge in [-0.1, -0.05) is 73.7 Å². The third-order valence-corrected chi connectivity index (χ3v) is 8.04. The van der Waals surface area contributed by atoms with Gasteiger partial charge in [-0.25, -0.2) is 8.42 Å². The summed E-state index contributed by atoms with van der Waals surface area (Å²) in [6.07, 6.45) is 3.74. The van der Waals surface area contributed by atoms with Gasteiger partial charge in [-0.05, 0) is 66.0 Å². The van der Waals surface area contributed by atoms with Crippen LogP contribution in [0.1, 0.15) is 30.9 Å². The largest absolute Gasteiger partial charge is 0.243 e. The second-order valence-corrected chi connectivity index (χ2v) is 10.0. The average Bonchev–Trinajstić information content (AvgIpc) is 2.80. The Morgan fingerprint density at radius 1 is 0.767 bits per heavy atom. The molecule has 0 atom stereocenters. The van der Waals surface area contributed by atoms with E-state index in [4.69, 9.17) is 0 Å². The number of hydrogen-bond donors (Lipinski definition) is 0. The molecule has 1 aliphatic heterocycles. The maximum atomic E-state index is 12.9. The number of piperidine rings is 1. The first kappa shape index (κ1) is 20.8. The molecule has 3 aromatic rings. The Morgan fingerprint density at radius 3 is 1.93 bits per heavy atom. The lowest BCUT2D eigenvalue weighted by Crippen LogP contribution is -2.38. The molecule has 0 aliphatic carbocycles. The summed E-state index contributed by atoms with van der Waals surface area (Å²) in [5, 5.41) is 0. The number of nitrogens with zero attached hydrogens (tertiary/aromatic N) is 1. The SMILES string of the molecule is CCc1ccc(S(=O)(=O)N2CCC(Cc3ccc(-c4ccccc4)cc3)CC2)cc1. The molecule has 3 aromatic carbocycles. The van der Waals surface area contributed by atoms with Gasteiger partial charge < -0.3 is 0 Å². The zero-order chi connectivity index (χ0) is 21.0. The van der Waals surface area contributed by atoms with E-state index in [1.807, 2.05) is 18.2 Å². The van der Waals surface area contributed by atoms with Gasteiger partial charge in [0, 0.05) is 13.1 Å². The molecular weight excluding hydrogens is 390 g/mol. The molecule has 0 aromatic heterocycles. The molecule has 1 fully saturated rings. The van der Waals surface area contributed by atoms with Crippen molar-refractivity contribution < 1.29 is 8.42 Å². The van der Waals surface area contributed by atoms with Crippen LogP contribution in [0.4, 0.5) is 0 Å². The molecule has 4 rings (SSSR count). The normalized spacial score (nSPS) is 15.9. The zero-order valence-electron chi connectivity index (χ0n) is 17.5. The summed E-state index contributed by atoms with van der Waals surface area (Å²) in [4.78, 5) is 0.412. The van der Waals surface area contributed by atoms with Crippen molar-refractivity contribution in [1.29, 1.82) is 0 Å². The van der Waals surface area contributed by atoms with Crippen LogP contribution in [0.15, 0.2) is 83.8 Å². The van der Waals surface area contributed by atoms with Crippen LogP contribution in [0.25, 0.3) is 11.1 Å². The molecule has 156 valence electrons. The van der Waals surface area contributed by atoms with Gasteiger partial charge in [0.25, 0.3) is 0 Å². The van der Waals surface area contributed by atoms with Crippen molar-refractivity contribution in [3.8, 4) is 11.1 Å². The number of hydrogen-bond acceptors (Lipinski definition) is 2. The van der Waals surface area contributed by atoms with Gasteiger partial charge in [0.15, 0.2) is 0 Å². The molecule has 0 amide bonds. The van der Waals surface area contributed by atoms with Crippen LogP contribution in [0, 0.1) is 5.92 Å². The van der Waals surface area contributed by atoms with Gasteiger partial charge in [-0.2, -0.15) is 4.31 Å². The predicted octanol–water partition coefficient (Wildman–Crippen LogP) is 5.56. The fourth-order valence-electron chi connectivity index (χ4n) is 4.20. The Kier molecular flexibility index (Phi) is 6.35. The Morgan fingerprint density at radius 2 is 1.33 bits per heavy atom. The Labute approximate surface area is 180 Å². The number of sulfonamides is 1. The highest BCUT2D eigenvalue weighted by Crippen LogP contribution is 2.27. The van der Waals surface area contributed by atoms with Gasteiger partial charge in [0.05, 0.1) is 4.90 Å². The Balaban J connectivity index is 1.35. The molecule has 0 bridgehead atoms. The zero-order valence-corrected chi connectivity index (χ0v) is 18.3.